The number of fused-ring (bicyclic) bond motifs is 1. The van der Waals surface area contributed by atoms with Crippen LogP contribution >= 0.6 is 0 Å². The fourth-order valence-electron chi connectivity index (χ4n) is 3.16. The lowest BCUT2D eigenvalue weighted by molar-refractivity contribution is 0.102. The first-order chi connectivity index (χ1) is 13.5. The van der Waals surface area contributed by atoms with Crippen LogP contribution < -0.4 is 5.32 Å². The number of carbonyl (C=O) groups excluding carboxylic acids is 1. The van der Waals surface area contributed by atoms with Crippen LogP contribution in [0.2, 0.25) is 0 Å². The summed E-state index contributed by atoms with van der Waals surface area (Å²) in [5, 5.41) is 3.40. The molecule has 1 amide bonds. The van der Waals surface area contributed by atoms with Crippen molar-refractivity contribution in [3.8, 4) is 11.3 Å². The van der Waals surface area contributed by atoms with Gasteiger partial charge >= 0.3 is 0 Å². The van der Waals surface area contributed by atoms with Crippen LogP contribution in [0, 0.1) is 19.7 Å². The summed E-state index contributed by atoms with van der Waals surface area (Å²) in [4.78, 5) is 17.7. The Hall–Kier alpha value is -3.53. The molecule has 1 N–H and O–H groups in total. The Morgan fingerprint density at radius 3 is 2.43 bits per heavy atom. The van der Waals surface area contributed by atoms with Crippen molar-refractivity contribution in [2.75, 3.05) is 5.32 Å². The highest BCUT2D eigenvalue weighted by Crippen LogP contribution is 2.27. The van der Waals surface area contributed by atoms with Gasteiger partial charge in [-0.05, 0) is 55.3 Å². The van der Waals surface area contributed by atoms with Crippen LogP contribution in [0.4, 0.5) is 10.1 Å². The average molecular weight is 370 g/mol. The van der Waals surface area contributed by atoms with E-state index in [1.54, 1.807) is 24.3 Å². The van der Waals surface area contributed by atoms with Crippen LogP contribution in [0.5, 0.6) is 0 Å². The molecule has 4 rings (SSSR count). The number of hydrogen-bond donors (Lipinski definition) is 1. The molecule has 1 aromatic heterocycles. The molecule has 0 spiro atoms. The summed E-state index contributed by atoms with van der Waals surface area (Å²) in [7, 11) is 0. The number of aryl methyl sites for hydroxylation is 2. The molecular weight excluding hydrogens is 351 g/mol. The van der Waals surface area contributed by atoms with Gasteiger partial charge in [0, 0.05) is 10.9 Å². The highest BCUT2D eigenvalue weighted by atomic mass is 19.1. The fraction of sp³-hybridized carbons (Fsp3) is 0.0833. The van der Waals surface area contributed by atoms with Gasteiger partial charge < -0.3 is 5.32 Å². The van der Waals surface area contributed by atoms with Gasteiger partial charge in [-0.1, -0.05) is 42.5 Å². The molecule has 0 aliphatic carbocycles. The minimum atomic E-state index is -0.469. The van der Waals surface area contributed by atoms with E-state index in [0.29, 0.717) is 11.3 Å². The number of benzene rings is 3. The van der Waals surface area contributed by atoms with E-state index in [1.807, 2.05) is 43.3 Å². The van der Waals surface area contributed by atoms with Crippen molar-refractivity contribution < 1.29 is 9.18 Å². The van der Waals surface area contributed by atoms with E-state index in [-0.39, 0.29) is 11.6 Å². The summed E-state index contributed by atoms with van der Waals surface area (Å²) >= 11 is 0. The van der Waals surface area contributed by atoms with Crippen LogP contribution in [0.25, 0.3) is 22.2 Å². The summed E-state index contributed by atoms with van der Waals surface area (Å²) in [5.41, 5.74) is 5.33. The number of nitrogens with zero attached hydrogens (tertiary/aromatic N) is 1. The van der Waals surface area contributed by atoms with E-state index in [4.69, 9.17) is 4.98 Å². The van der Waals surface area contributed by atoms with Gasteiger partial charge in [0.05, 0.1) is 22.5 Å². The zero-order valence-electron chi connectivity index (χ0n) is 15.7. The second-order valence-electron chi connectivity index (χ2n) is 6.81. The Labute approximate surface area is 162 Å². The van der Waals surface area contributed by atoms with Gasteiger partial charge in [-0.25, -0.2) is 9.37 Å². The third-order valence-electron chi connectivity index (χ3n) is 4.89. The molecule has 3 aromatic carbocycles. The largest absolute Gasteiger partial charge is 0.319 e. The van der Waals surface area contributed by atoms with Crippen molar-refractivity contribution in [1.29, 1.82) is 0 Å². The van der Waals surface area contributed by atoms with Gasteiger partial charge in [0.2, 0.25) is 0 Å². The molecule has 0 aliphatic heterocycles. The second-order valence-corrected chi connectivity index (χ2v) is 6.81. The standard InChI is InChI=1S/C24H19FN2O/c1-15-11-12-17(13-16(15)2)23-14-19(18-7-3-5-9-21(18)26-23)24(28)27-22-10-6-4-8-20(22)25/h3-14H,1-2H3,(H,27,28). The lowest BCUT2D eigenvalue weighted by Gasteiger charge is -2.12. The lowest BCUT2D eigenvalue weighted by atomic mass is 10.0. The maximum absolute atomic E-state index is 14.0. The molecule has 0 saturated carbocycles. The third-order valence-corrected chi connectivity index (χ3v) is 4.89. The lowest BCUT2D eigenvalue weighted by Crippen LogP contribution is -2.14. The van der Waals surface area contributed by atoms with Crippen LogP contribution in [0.3, 0.4) is 0 Å². The molecular formula is C24H19FN2O. The zero-order valence-corrected chi connectivity index (χ0v) is 15.7. The number of aromatic nitrogens is 1. The Balaban J connectivity index is 1.83. The van der Waals surface area contributed by atoms with E-state index in [2.05, 4.69) is 18.3 Å². The smallest absolute Gasteiger partial charge is 0.256 e. The number of para-hydroxylation sites is 2. The topological polar surface area (TPSA) is 42.0 Å². The van der Waals surface area contributed by atoms with Crippen molar-refractivity contribution in [2.24, 2.45) is 0 Å². The Kier molecular flexibility index (Phi) is 4.62. The fourth-order valence-corrected chi connectivity index (χ4v) is 3.16. The van der Waals surface area contributed by atoms with E-state index >= 15 is 0 Å². The third kappa shape index (κ3) is 3.37. The predicted molar refractivity (Wildman–Crippen MR) is 111 cm³/mol. The molecule has 0 atom stereocenters. The molecule has 0 fully saturated rings. The molecule has 4 heteroatoms. The molecule has 4 aromatic rings. The maximum atomic E-state index is 14.0. The number of nitrogens with one attached hydrogen (secondary N) is 1. The number of anilines is 1. The van der Waals surface area contributed by atoms with Gasteiger partial charge in [-0.2, -0.15) is 0 Å². The van der Waals surface area contributed by atoms with Gasteiger partial charge in [-0.15, -0.1) is 0 Å². The molecule has 1 heterocycles. The monoisotopic (exact) mass is 370 g/mol. The molecule has 3 nitrogen and oxygen atoms in total. The number of carbonyl (C=O) groups is 1. The van der Waals surface area contributed by atoms with Crippen molar-refractivity contribution in [2.45, 2.75) is 13.8 Å². The van der Waals surface area contributed by atoms with Gasteiger partial charge in [0.15, 0.2) is 0 Å². The van der Waals surface area contributed by atoms with Gasteiger partial charge in [0.1, 0.15) is 5.82 Å². The van der Waals surface area contributed by atoms with Crippen LogP contribution in [0.15, 0.2) is 72.8 Å². The summed E-state index contributed by atoms with van der Waals surface area (Å²) in [6, 6.07) is 21.5. The van der Waals surface area contributed by atoms with Crippen molar-refractivity contribution in [3.05, 3.63) is 95.3 Å². The zero-order chi connectivity index (χ0) is 19.7. The summed E-state index contributed by atoms with van der Waals surface area (Å²) in [5.74, 6) is -0.836. The Morgan fingerprint density at radius 2 is 1.64 bits per heavy atom. The van der Waals surface area contributed by atoms with E-state index in [9.17, 15) is 9.18 Å². The molecule has 0 unspecified atom stereocenters. The highest BCUT2D eigenvalue weighted by molar-refractivity contribution is 6.13. The summed E-state index contributed by atoms with van der Waals surface area (Å²) in [6.45, 7) is 4.10. The SMILES string of the molecule is Cc1ccc(-c2cc(C(=O)Nc3ccccc3F)c3ccccc3n2)cc1C. The minimum absolute atomic E-state index is 0.154. The second kappa shape index (κ2) is 7.24. The number of rotatable bonds is 3. The first-order valence-corrected chi connectivity index (χ1v) is 9.06. The minimum Gasteiger partial charge on any atom is -0.319 e. The molecule has 0 bridgehead atoms. The molecule has 138 valence electrons. The average Bonchev–Trinajstić information content (AvgIpc) is 2.71. The Morgan fingerprint density at radius 1 is 0.893 bits per heavy atom. The van der Waals surface area contributed by atoms with Gasteiger partial charge in [0.25, 0.3) is 5.91 Å². The first-order valence-electron chi connectivity index (χ1n) is 9.06. The first kappa shape index (κ1) is 17.9. The Bertz CT molecular complexity index is 1200. The number of amides is 1. The van der Waals surface area contributed by atoms with Gasteiger partial charge in [-0.3, -0.25) is 4.79 Å². The predicted octanol–water partition coefficient (Wildman–Crippen LogP) is 5.91. The highest BCUT2D eigenvalue weighted by Gasteiger charge is 2.15. The maximum Gasteiger partial charge on any atom is 0.256 e. The molecule has 0 radical (unpaired) electrons. The van der Waals surface area contributed by atoms with Crippen LogP contribution in [0.1, 0.15) is 21.5 Å². The van der Waals surface area contributed by atoms with Crippen LogP contribution in [-0.4, -0.2) is 10.9 Å². The summed E-state index contributed by atoms with van der Waals surface area (Å²) < 4.78 is 14.0. The number of pyridine rings is 1. The van der Waals surface area contributed by atoms with E-state index in [1.165, 1.54) is 11.6 Å². The molecule has 28 heavy (non-hydrogen) atoms. The summed E-state index contributed by atoms with van der Waals surface area (Å²) in [6.07, 6.45) is 0. The normalized spacial score (nSPS) is 10.8. The number of halogens is 1. The van der Waals surface area contributed by atoms with Crippen LogP contribution in [-0.2, 0) is 0 Å². The quantitative estimate of drug-likeness (QED) is 0.487. The van der Waals surface area contributed by atoms with Crippen molar-refractivity contribution in [1.82, 2.24) is 4.98 Å². The van der Waals surface area contributed by atoms with Crippen molar-refractivity contribution >= 4 is 22.5 Å². The van der Waals surface area contributed by atoms with E-state index in [0.717, 1.165) is 22.0 Å². The molecule has 0 aliphatic rings. The van der Waals surface area contributed by atoms with E-state index < -0.39 is 5.82 Å². The van der Waals surface area contributed by atoms with Crippen molar-refractivity contribution in [3.63, 3.8) is 0 Å². The molecule has 0 saturated heterocycles. The number of hydrogen-bond acceptors (Lipinski definition) is 2.